The molecule has 1 saturated carbocycles. The summed E-state index contributed by atoms with van der Waals surface area (Å²) >= 11 is 0. The molecule has 4 unspecified atom stereocenters. The molecular weight excluding hydrogens is 737 g/mol. The zero-order chi connectivity index (χ0) is 40.9. The molecule has 6 aliphatic rings. The van der Waals surface area contributed by atoms with Crippen molar-refractivity contribution in [1.29, 1.82) is 0 Å². The van der Waals surface area contributed by atoms with Crippen molar-refractivity contribution in [2.24, 2.45) is 11.3 Å². The fraction of sp³-hybridized carbons (Fsp3) is 0.543. The molecule has 9 rings (SSSR count). The highest BCUT2D eigenvalue weighted by molar-refractivity contribution is 5.95. The number of rotatable bonds is 7. The largest absolute Gasteiger partial charge is 0.496 e. The van der Waals surface area contributed by atoms with Crippen LogP contribution in [-0.4, -0.2) is 123 Å². The maximum absolute atomic E-state index is 15.3. The van der Waals surface area contributed by atoms with Crippen molar-refractivity contribution in [2.45, 2.75) is 87.5 Å². The molecule has 12 heteroatoms. The molecule has 5 aliphatic heterocycles. The number of carbonyl (C=O) groups excluding carboxylic acids is 3. The van der Waals surface area contributed by atoms with Crippen LogP contribution in [0.4, 0.5) is 5.69 Å². The van der Waals surface area contributed by atoms with Crippen molar-refractivity contribution in [3.8, 4) is 5.75 Å². The Balaban J connectivity index is 1.37. The van der Waals surface area contributed by atoms with Crippen LogP contribution in [0, 0.1) is 11.3 Å². The van der Waals surface area contributed by atoms with E-state index in [-0.39, 0.29) is 17.9 Å². The molecule has 9 atom stereocenters. The first kappa shape index (κ1) is 38.8. The second-order valence-corrected chi connectivity index (χ2v) is 17.5. The highest BCUT2D eigenvalue weighted by Crippen LogP contribution is 2.68. The Morgan fingerprint density at radius 2 is 1.78 bits per heavy atom. The van der Waals surface area contributed by atoms with E-state index in [0.717, 1.165) is 65.9 Å². The van der Waals surface area contributed by atoms with E-state index in [4.69, 9.17) is 18.9 Å². The average Bonchev–Trinajstić information content (AvgIpc) is 3.89. The lowest BCUT2D eigenvalue weighted by molar-refractivity contribution is -0.228. The van der Waals surface area contributed by atoms with Gasteiger partial charge in [-0.2, -0.15) is 0 Å². The first-order chi connectivity index (χ1) is 27.9. The number of methoxy groups -OCH3 is 3. The van der Waals surface area contributed by atoms with Crippen LogP contribution in [0.2, 0.25) is 0 Å². The summed E-state index contributed by atoms with van der Waals surface area (Å²) in [6, 6.07) is 11.2. The molecule has 3 aromatic rings. The molecular formula is C46H56N4O8. The first-order valence-corrected chi connectivity index (χ1v) is 20.8. The van der Waals surface area contributed by atoms with Gasteiger partial charge in [0.05, 0.1) is 27.4 Å². The predicted molar refractivity (Wildman–Crippen MR) is 219 cm³/mol. The average molecular weight is 793 g/mol. The second kappa shape index (κ2) is 13.7. The number of fused-ring (bicyclic) bond motifs is 6. The number of H-pyrrole nitrogens is 1. The third kappa shape index (κ3) is 4.94. The van der Waals surface area contributed by atoms with Crippen molar-refractivity contribution in [2.75, 3.05) is 66.0 Å². The number of aromatic nitrogens is 1. The Labute approximate surface area is 340 Å². The Kier molecular flexibility index (Phi) is 9.18. The van der Waals surface area contributed by atoms with Gasteiger partial charge in [0, 0.05) is 90.9 Å². The normalized spacial score (nSPS) is 34.7. The quantitative estimate of drug-likeness (QED) is 0.194. The number of aromatic amines is 1. The van der Waals surface area contributed by atoms with Crippen molar-refractivity contribution in [3.05, 3.63) is 82.6 Å². The van der Waals surface area contributed by atoms with Gasteiger partial charge in [-0.3, -0.25) is 19.4 Å². The van der Waals surface area contributed by atoms with E-state index in [9.17, 15) is 14.7 Å². The number of benzene rings is 2. The van der Waals surface area contributed by atoms with E-state index in [1.807, 2.05) is 37.1 Å². The fourth-order valence-electron chi connectivity index (χ4n) is 13.0. The Morgan fingerprint density at radius 1 is 1.00 bits per heavy atom. The molecule has 6 heterocycles. The third-order valence-electron chi connectivity index (χ3n) is 15.1. The first-order valence-electron chi connectivity index (χ1n) is 20.8. The van der Waals surface area contributed by atoms with Gasteiger partial charge in [0.15, 0.2) is 6.10 Å². The van der Waals surface area contributed by atoms with Crippen LogP contribution in [0.25, 0.3) is 10.9 Å². The van der Waals surface area contributed by atoms with E-state index < -0.39 is 45.9 Å². The zero-order valence-corrected chi connectivity index (χ0v) is 34.7. The van der Waals surface area contributed by atoms with Crippen LogP contribution < -0.4 is 9.64 Å². The van der Waals surface area contributed by atoms with Crippen LogP contribution in [0.5, 0.6) is 5.75 Å². The van der Waals surface area contributed by atoms with Crippen molar-refractivity contribution in [1.82, 2.24) is 14.8 Å². The minimum Gasteiger partial charge on any atom is -0.496 e. The van der Waals surface area contributed by atoms with Gasteiger partial charge in [-0.15, -0.1) is 0 Å². The number of anilines is 1. The zero-order valence-electron chi connectivity index (χ0n) is 34.7. The standard InChI is InChI=1S/C46H56N4O8/c1-8-28-21-29-24-45(41(52)56-6,37-31(15-19-49(25-28)26-29)30-13-10-11-14-34(30)47-37)33-22-32-35(23-36(33)55-5)48(4)39-44(32)17-20-50-18-12-16-43(9-2,38(44)50)40(58-27(3)51)46(39,54)42(53)57-7/h10-14,16,21-23,29,38-40,47,54H,8-9,15,17-20,24-26H2,1-7H3/t29?,38?,39?,40-,43-,44-,45+,46+/m1/s1. The van der Waals surface area contributed by atoms with Gasteiger partial charge in [0.25, 0.3) is 0 Å². The number of hydrogen-bond donors (Lipinski definition) is 2. The molecule has 0 amide bonds. The molecule has 2 aromatic carbocycles. The van der Waals surface area contributed by atoms with Gasteiger partial charge in [-0.1, -0.05) is 55.8 Å². The molecule has 1 spiro atoms. The van der Waals surface area contributed by atoms with Crippen LogP contribution in [0.3, 0.4) is 0 Å². The summed E-state index contributed by atoms with van der Waals surface area (Å²) in [6.07, 6.45) is 8.43. The number of likely N-dealkylation sites (N-methyl/N-ethyl adjacent to an activating group) is 1. The molecule has 2 bridgehead atoms. The summed E-state index contributed by atoms with van der Waals surface area (Å²) in [5.74, 6) is -1.31. The highest BCUT2D eigenvalue weighted by Gasteiger charge is 2.80. The van der Waals surface area contributed by atoms with Crippen molar-refractivity contribution in [3.63, 3.8) is 0 Å². The van der Waals surface area contributed by atoms with Crippen LogP contribution >= 0.6 is 0 Å². The molecule has 2 N–H and O–H groups in total. The molecule has 1 aliphatic carbocycles. The van der Waals surface area contributed by atoms with Crippen molar-refractivity contribution < 1.29 is 38.4 Å². The van der Waals surface area contributed by atoms with Crippen LogP contribution in [-0.2, 0) is 45.8 Å². The lowest BCUT2D eigenvalue weighted by Gasteiger charge is -2.63. The minimum atomic E-state index is -2.28. The maximum Gasteiger partial charge on any atom is 0.344 e. The predicted octanol–water partition coefficient (Wildman–Crippen LogP) is 4.80. The molecule has 12 nitrogen and oxygen atoms in total. The van der Waals surface area contributed by atoms with E-state index >= 15 is 4.79 Å². The fourth-order valence-corrected chi connectivity index (χ4v) is 13.0. The number of carbonyl (C=O) groups is 3. The lowest BCUT2D eigenvalue weighted by Crippen LogP contribution is -2.81. The summed E-state index contributed by atoms with van der Waals surface area (Å²) in [6.45, 7) is 9.44. The Hall–Kier alpha value is -4.65. The third-order valence-corrected chi connectivity index (χ3v) is 15.1. The molecule has 308 valence electrons. The van der Waals surface area contributed by atoms with Crippen LogP contribution in [0.1, 0.15) is 68.8 Å². The molecule has 1 saturated heterocycles. The SMILES string of the molecule is CCC1=CC2CN(CCc3c([nH]c4ccccc34)[C@@](C(=O)OC)(c3cc4c(cc3OC)N(C)C3[C@]45CCN4CC=C[C@](CC)(C45)[C@@H](OC(C)=O)[C@]3(O)C(=O)OC)C2)C1. The molecule has 1 aromatic heterocycles. The van der Waals surface area contributed by atoms with E-state index in [0.29, 0.717) is 43.7 Å². The second-order valence-electron chi connectivity index (χ2n) is 17.5. The lowest BCUT2D eigenvalue weighted by atomic mass is 9.47. The number of aliphatic hydroxyl groups is 1. The topological polar surface area (TPSA) is 134 Å². The minimum absolute atomic E-state index is 0.0217. The molecule has 0 radical (unpaired) electrons. The van der Waals surface area contributed by atoms with E-state index in [1.165, 1.54) is 26.7 Å². The number of nitrogens with zero attached hydrogens (tertiary/aromatic N) is 3. The molecule has 2 fully saturated rings. The number of ether oxygens (including phenoxy) is 4. The number of esters is 3. The summed E-state index contributed by atoms with van der Waals surface area (Å²) in [5, 5.41) is 14.4. The van der Waals surface area contributed by atoms with Crippen molar-refractivity contribution >= 4 is 34.5 Å². The van der Waals surface area contributed by atoms with Crippen LogP contribution in [0.15, 0.2) is 60.2 Å². The van der Waals surface area contributed by atoms with Gasteiger partial charge >= 0.3 is 17.9 Å². The van der Waals surface area contributed by atoms with E-state index in [2.05, 4.69) is 58.1 Å². The summed E-state index contributed by atoms with van der Waals surface area (Å²) < 4.78 is 24.0. The van der Waals surface area contributed by atoms with Gasteiger partial charge < -0.3 is 33.9 Å². The number of para-hydroxylation sites is 1. The maximum atomic E-state index is 15.3. The van der Waals surface area contributed by atoms with E-state index in [1.54, 1.807) is 7.11 Å². The highest BCUT2D eigenvalue weighted by atomic mass is 16.6. The van der Waals surface area contributed by atoms with Gasteiger partial charge in [-0.25, -0.2) is 4.79 Å². The number of hydrogen-bond acceptors (Lipinski definition) is 11. The van der Waals surface area contributed by atoms with Gasteiger partial charge in [0.2, 0.25) is 5.60 Å². The molecule has 58 heavy (non-hydrogen) atoms. The number of nitrogens with one attached hydrogen (secondary N) is 1. The summed E-state index contributed by atoms with van der Waals surface area (Å²) in [4.78, 5) is 53.4. The van der Waals surface area contributed by atoms with Gasteiger partial charge in [-0.05, 0) is 67.8 Å². The summed E-state index contributed by atoms with van der Waals surface area (Å²) in [5.41, 5.74) is 1.10. The van der Waals surface area contributed by atoms with Gasteiger partial charge in [0.1, 0.15) is 11.2 Å². The Morgan fingerprint density at radius 3 is 2.48 bits per heavy atom. The monoisotopic (exact) mass is 792 g/mol. The summed E-state index contributed by atoms with van der Waals surface area (Å²) in [7, 11) is 6.24. The smallest absolute Gasteiger partial charge is 0.344 e. The Bertz CT molecular complexity index is 2270.